The van der Waals surface area contributed by atoms with Gasteiger partial charge < -0.3 is 10.6 Å². The molecule has 126 valence electrons. The quantitative estimate of drug-likeness (QED) is 0.788. The van der Waals surface area contributed by atoms with Gasteiger partial charge in [0.05, 0.1) is 0 Å². The molecule has 3 rings (SSSR count). The number of hydrogen-bond acceptors (Lipinski definition) is 3. The number of carbonyl (C=O) groups is 1. The molecule has 1 atom stereocenters. The zero-order valence-corrected chi connectivity index (χ0v) is 13.8. The molecule has 0 aromatic heterocycles. The minimum atomic E-state index is -0.909. The topological polar surface area (TPSA) is 41.1 Å². The number of carbonyl (C=O) groups excluding carboxylic acids is 1. The van der Waals surface area contributed by atoms with Crippen molar-refractivity contribution < 1.29 is 13.6 Å². The third-order valence-corrected chi connectivity index (χ3v) is 5.16. The summed E-state index contributed by atoms with van der Waals surface area (Å²) >= 11 is 1.22. The summed E-state index contributed by atoms with van der Waals surface area (Å²) in [5.74, 6) is -1.47. The molecule has 24 heavy (non-hydrogen) atoms. The second-order valence-electron chi connectivity index (χ2n) is 5.75. The molecule has 1 aliphatic heterocycles. The fourth-order valence-corrected chi connectivity index (χ4v) is 3.49. The van der Waals surface area contributed by atoms with E-state index >= 15 is 0 Å². The van der Waals surface area contributed by atoms with Crippen LogP contribution in [0.3, 0.4) is 0 Å². The van der Waals surface area contributed by atoms with Crippen molar-refractivity contribution in [2.75, 3.05) is 19.6 Å². The van der Waals surface area contributed by atoms with Gasteiger partial charge in [0, 0.05) is 30.4 Å². The SMILES string of the molecule is O=C(NCC1CNC1)C(Sc1ccc(F)c(F)c1)c1ccccc1. The Hall–Kier alpha value is -1.92. The van der Waals surface area contributed by atoms with Gasteiger partial charge in [-0.05, 0) is 23.8 Å². The van der Waals surface area contributed by atoms with E-state index in [9.17, 15) is 13.6 Å². The number of rotatable bonds is 6. The Morgan fingerprint density at radius 1 is 1.17 bits per heavy atom. The first-order chi connectivity index (χ1) is 11.6. The smallest absolute Gasteiger partial charge is 0.238 e. The van der Waals surface area contributed by atoms with Crippen LogP contribution in [0.15, 0.2) is 53.4 Å². The molecule has 0 aliphatic carbocycles. The monoisotopic (exact) mass is 348 g/mol. The highest BCUT2D eigenvalue weighted by Crippen LogP contribution is 2.36. The lowest BCUT2D eigenvalue weighted by molar-refractivity contribution is -0.120. The largest absolute Gasteiger partial charge is 0.354 e. The van der Waals surface area contributed by atoms with Crippen LogP contribution in [-0.4, -0.2) is 25.5 Å². The zero-order chi connectivity index (χ0) is 16.9. The van der Waals surface area contributed by atoms with Crippen LogP contribution >= 0.6 is 11.8 Å². The second-order valence-corrected chi connectivity index (χ2v) is 6.93. The molecule has 2 N–H and O–H groups in total. The third-order valence-electron chi connectivity index (χ3n) is 3.92. The normalized spacial score (nSPS) is 15.6. The van der Waals surface area contributed by atoms with Crippen molar-refractivity contribution in [3.8, 4) is 0 Å². The van der Waals surface area contributed by atoms with Gasteiger partial charge in [0.15, 0.2) is 11.6 Å². The third kappa shape index (κ3) is 4.13. The fraction of sp³-hybridized carbons (Fsp3) is 0.278. The first kappa shape index (κ1) is 16.9. The van der Waals surface area contributed by atoms with Gasteiger partial charge in [0.1, 0.15) is 5.25 Å². The molecule has 6 heteroatoms. The minimum Gasteiger partial charge on any atom is -0.354 e. The Balaban J connectivity index is 1.76. The second kappa shape index (κ2) is 7.77. The molecule has 1 amide bonds. The van der Waals surface area contributed by atoms with E-state index in [2.05, 4.69) is 10.6 Å². The number of benzene rings is 2. The van der Waals surface area contributed by atoms with Gasteiger partial charge in [-0.15, -0.1) is 11.8 Å². The van der Waals surface area contributed by atoms with Gasteiger partial charge in [-0.3, -0.25) is 4.79 Å². The lowest BCUT2D eigenvalue weighted by Gasteiger charge is -2.28. The summed E-state index contributed by atoms with van der Waals surface area (Å²) in [6.07, 6.45) is 0. The Bertz CT molecular complexity index is 707. The van der Waals surface area contributed by atoms with E-state index in [1.807, 2.05) is 30.3 Å². The molecule has 1 unspecified atom stereocenters. The number of amides is 1. The number of hydrogen-bond donors (Lipinski definition) is 2. The maximum Gasteiger partial charge on any atom is 0.238 e. The van der Waals surface area contributed by atoms with Crippen molar-refractivity contribution in [1.82, 2.24) is 10.6 Å². The predicted octanol–water partition coefficient (Wildman–Crippen LogP) is 3.13. The molecule has 1 saturated heterocycles. The Kier molecular flexibility index (Phi) is 5.48. The van der Waals surface area contributed by atoms with Crippen LogP contribution < -0.4 is 10.6 Å². The summed E-state index contributed by atoms with van der Waals surface area (Å²) in [7, 11) is 0. The summed E-state index contributed by atoms with van der Waals surface area (Å²) in [5, 5.41) is 5.62. The van der Waals surface area contributed by atoms with E-state index in [0.717, 1.165) is 30.8 Å². The lowest BCUT2D eigenvalue weighted by Crippen LogP contribution is -2.48. The molecule has 2 aromatic rings. The van der Waals surface area contributed by atoms with Crippen LogP contribution in [-0.2, 0) is 4.79 Å². The number of halogens is 2. The molecule has 2 aromatic carbocycles. The van der Waals surface area contributed by atoms with Gasteiger partial charge in [0.2, 0.25) is 5.91 Å². The van der Waals surface area contributed by atoms with Gasteiger partial charge in [0.25, 0.3) is 0 Å². The van der Waals surface area contributed by atoms with Gasteiger partial charge in [-0.1, -0.05) is 30.3 Å². The van der Waals surface area contributed by atoms with Crippen molar-refractivity contribution in [2.24, 2.45) is 5.92 Å². The first-order valence-corrected chi connectivity index (χ1v) is 8.66. The van der Waals surface area contributed by atoms with Crippen molar-refractivity contribution in [1.29, 1.82) is 0 Å². The van der Waals surface area contributed by atoms with E-state index in [1.54, 1.807) is 0 Å². The maximum absolute atomic E-state index is 13.4. The molecule has 3 nitrogen and oxygen atoms in total. The van der Waals surface area contributed by atoms with E-state index in [-0.39, 0.29) is 5.91 Å². The van der Waals surface area contributed by atoms with Crippen LogP contribution in [0.5, 0.6) is 0 Å². The summed E-state index contributed by atoms with van der Waals surface area (Å²) in [4.78, 5) is 13.1. The van der Waals surface area contributed by atoms with E-state index in [4.69, 9.17) is 0 Å². The van der Waals surface area contributed by atoms with Crippen LogP contribution in [0.25, 0.3) is 0 Å². The summed E-state index contributed by atoms with van der Waals surface area (Å²) in [6.45, 7) is 2.44. The highest BCUT2D eigenvalue weighted by molar-refractivity contribution is 8.00. The van der Waals surface area contributed by atoms with Crippen LogP contribution in [0.1, 0.15) is 10.8 Å². The van der Waals surface area contributed by atoms with Crippen LogP contribution in [0.2, 0.25) is 0 Å². The molecule has 0 radical (unpaired) electrons. The molecule has 1 fully saturated rings. The predicted molar refractivity (Wildman–Crippen MR) is 90.8 cm³/mol. The zero-order valence-electron chi connectivity index (χ0n) is 13.0. The number of nitrogens with one attached hydrogen (secondary N) is 2. The van der Waals surface area contributed by atoms with Crippen molar-refractivity contribution >= 4 is 17.7 Å². The van der Waals surface area contributed by atoms with Crippen LogP contribution in [0, 0.1) is 17.6 Å². The van der Waals surface area contributed by atoms with Gasteiger partial charge in [-0.2, -0.15) is 0 Å². The average Bonchev–Trinajstić information content (AvgIpc) is 2.55. The maximum atomic E-state index is 13.4. The van der Waals surface area contributed by atoms with Gasteiger partial charge in [-0.25, -0.2) is 8.78 Å². The fourth-order valence-electron chi connectivity index (χ4n) is 2.42. The average molecular weight is 348 g/mol. The summed E-state index contributed by atoms with van der Waals surface area (Å²) < 4.78 is 26.5. The lowest BCUT2D eigenvalue weighted by atomic mass is 10.0. The van der Waals surface area contributed by atoms with E-state index in [1.165, 1.54) is 17.8 Å². The first-order valence-electron chi connectivity index (χ1n) is 7.78. The summed E-state index contributed by atoms with van der Waals surface area (Å²) in [5.41, 5.74) is 0.830. The Labute approximate surface area is 143 Å². The minimum absolute atomic E-state index is 0.122. The molecule has 0 bridgehead atoms. The molecule has 1 aliphatic rings. The standard InChI is InChI=1S/C18H18F2N2OS/c19-15-7-6-14(8-16(15)20)24-17(13-4-2-1-3-5-13)18(23)22-11-12-9-21-10-12/h1-8,12,17,21H,9-11H2,(H,22,23). The molecule has 0 saturated carbocycles. The summed E-state index contributed by atoms with van der Waals surface area (Å²) in [6, 6.07) is 13.0. The molecular weight excluding hydrogens is 330 g/mol. The highest BCUT2D eigenvalue weighted by Gasteiger charge is 2.24. The Morgan fingerprint density at radius 3 is 2.54 bits per heavy atom. The van der Waals surface area contributed by atoms with Crippen molar-refractivity contribution in [3.05, 3.63) is 65.7 Å². The van der Waals surface area contributed by atoms with Crippen molar-refractivity contribution in [3.63, 3.8) is 0 Å². The molecular formula is C18H18F2N2OS. The van der Waals surface area contributed by atoms with Crippen molar-refractivity contribution in [2.45, 2.75) is 10.1 Å². The molecule has 1 heterocycles. The molecule has 0 spiro atoms. The van der Waals surface area contributed by atoms with Gasteiger partial charge >= 0.3 is 0 Å². The van der Waals surface area contributed by atoms with E-state index < -0.39 is 16.9 Å². The number of thioether (sulfide) groups is 1. The van der Waals surface area contributed by atoms with E-state index in [0.29, 0.717) is 17.4 Å². The highest BCUT2D eigenvalue weighted by atomic mass is 32.2. The van der Waals surface area contributed by atoms with Crippen LogP contribution in [0.4, 0.5) is 8.78 Å². The Morgan fingerprint density at radius 2 is 1.92 bits per heavy atom.